The molecule has 1 fully saturated rings. The average molecular weight is 454 g/mol. The van der Waals surface area contributed by atoms with Gasteiger partial charge in [0, 0.05) is 55.7 Å². The topological polar surface area (TPSA) is 83.5 Å². The van der Waals surface area contributed by atoms with Gasteiger partial charge < -0.3 is 24.3 Å². The lowest BCUT2D eigenvalue weighted by Crippen LogP contribution is -2.42. The number of nitrogens with one attached hydrogen (secondary N) is 1. The molecule has 1 saturated heterocycles. The molecule has 2 N–H and O–H groups in total. The van der Waals surface area contributed by atoms with E-state index < -0.39 is 5.60 Å². The van der Waals surface area contributed by atoms with Crippen molar-refractivity contribution in [3.05, 3.63) is 67.4 Å². The number of piperidine rings is 1. The Morgan fingerprint density at radius 2 is 1.82 bits per heavy atom. The van der Waals surface area contributed by atoms with Crippen molar-refractivity contribution in [3.63, 3.8) is 0 Å². The highest BCUT2D eigenvalue weighted by Gasteiger charge is 2.27. The zero-order chi connectivity index (χ0) is 23.3. The number of nitrogens with zero attached hydrogens (tertiary/aromatic N) is 6. The number of aromatic nitrogens is 5. The van der Waals surface area contributed by atoms with Gasteiger partial charge in [-0.05, 0) is 56.2 Å². The minimum Gasteiger partial charge on any atom is -0.390 e. The fraction of sp³-hybridized carbons (Fsp3) is 0.269. The van der Waals surface area contributed by atoms with Crippen LogP contribution < -0.4 is 10.2 Å². The van der Waals surface area contributed by atoms with Gasteiger partial charge in [0.25, 0.3) is 0 Å². The molecule has 0 radical (unpaired) electrons. The SMILES string of the molecule is Cn1cnc2cc(-c3cn4ccnc4c(Nc4ccc(N5CCC(C)(O)CC5)cc4)n3)ccc21. The molecule has 0 atom stereocenters. The predicted octanol–water partition coefficient (Wildman–Crippen LogP) is 4.38. The first kappa shape index (κ1) is 20.7. The van der Waals surface area contributed by atoms with Crippen LogP contribution in [0.15, 0.2) is 67.4 Å². The van der Waals surface area contributed by atoms with Crippen LogP contribution in [0.25, 0.3) is 27.9 Å². The van der Waals surface area contributed by atoms with E-state index in [0.29, 0.717) is 5.82 Å². The Hall–Kier alpha value is -3.91. The van der Waals surface area contributed by atoms with E-state index >= 15 is 0 Å². The van der Waals surface area contributed by atoms with Crippen LogP contribution in [0.5, 0.6) is 0 Å². The number of aliphatic hydroxyl groups is 1. The molecule has 4 heterocycles. The monoisotopic (exact) mass is 453 g/mol. The second-order valence-electron chi connectivity index (χ2n) is 9.35. The normalized spacial score (nSPS) is 15.8. The van der Waals surface area contributed by atoms with E-state index in [1.807, 2.05) is 41.7 Å². The molecule has 34 heavy (non-hydrogen) atoms. The first-order chi connectivity index (χ1) is 16.4. The molecule has 0 amide bonds. The first-order valence-corrected chi connectivity index (χ1v) is 11.5. The van der Waals surface area contributed by atoms with Crippen molar-refractivity contribution in [2.24, 2.45) is 7.05 Å². The molecule has 172 valence electrons. The number of rotatable bonds is 4. The molecule has 1 aliphatic heterocycles. The van der Waals surface area contributed by atoms with Gasteiger partial charge in [-0.25, -0.2) is 15.0 Å². The van der Waals surface area contributed by atoms with Crippen LogP contribution in [0.4, 0.5) is 17.2 Å². The van der Waals surface area contributed by atoms with Crippen molar-refractivity contribution >= 4 is 33.9 Å². The Bertz CT molecular complexity index is 1470. The lowest BCUT2D eigenvalue weighted by molar-refractivity contribution is 0.0351. The van der Waals surface area contributed by atoms with Gasteiger partial charge in [-0.15, -0.1) is 0 Å². The van der Waals surface area contributed by atoms with Crippen molar-refractivity contribution in [1.82, 2.24) is 23.9 Å². The molecule has 2 aromatic carbocycles. The van der Waals surface area contributed by atoms with E-state index in [9.17, 15) is 5.11 Å². The van der Waals surface area contributed by atoms with E-state index in [1.165, 1.54) is 0 Å². The zero-order valence-corrected chi connectivity index (χ0v) is 19.3. The van der Waals surface area contributed by atoms with Crippen LogP contribution in [0.3, 0.4) is 0 Å². The van der Waals surface area contributed by atoms with Gasteiger partial charge in [-0.2, -0.15) is 0 Å². The fourth-order valence-corrected chi connectivity index (χ4v) is 4.59. The summed E-state index contributed by atoms with van der Waals surface area (Å²) in [7, 11) is 1.99. The van der Waals surface area contributed by atoms with Crippen LogP contribution in [-0.2, 0) is 7.05 Å². The minimum absolute atomic E-state index is 0.550. The van der Waals surface area contributed by atoms with Gasteiger partial charge in [0.05, 0.1) is 28.7 Å². The number of hydrogen-bond acceptors (Lipinski definition) is 6. The van der Waals surface area contributed by atoms with Crippen LogP contribution >= 0.6 is 0 Å². The number of fused-ring (bicyclic) bond motifs is 2. The van der Waals surface area contributed by atoms with Gasteiger partial charge in [0.1, 0.15) is 0 Å². The minimum atomic E-state index is -0.550. The third kappa shape index (κ3) is 3.76. The van der Waals surface area contributed by atoms with Gasteiger partial charge in [-0.3, -0.25) is 0 Å². The number of anilines is 3. The van der Waals surface area contributed by atoms with Gasteiger partial charge in [-0.1, -0.05) is 6.07 Å². The van der Waals surface area contributed by atoms with Gasteiger partial charge in [0.2, 0.25) is 0 Å². The van der Waals surface area contributed by atoms with Crippen molar-refractivity contribution in [2.75, 3.05) is 23.3 Å². The summed E-state index contributed by atoms with van der Waals surface area (Å²) < 4.78 is 4.00. The summed E-state index contributed by atoms with van der Waals surface area (Å²) in [5.74, 6) is 0.699. The smallest absolute Gasteiger partial charge is 0.180 e. The lowest BCUT2D eigenvalue weighted by atomic mass is 9.93. The molecule has 3 aromatic heterocycles. The molecule has 8 nitrogen and oxygen atoms in total. The highest BCUT2D eigenvalue weighted by Crippen LogP contribution is 2.29. The maximum Gasteiger partial charge on any atom is 0.180 e. The Morgan fingerprint density at radius 1 is 1.03 bits per heavy atom. The van der Waals surface area contributed by atoms with Crippen LogP contribution in [0, 0.1) is 0 Å². The number of benzene rings is 2. The Morgan fingerprint density at radius 3 is 2.62 bits per heavy atom. The molecule has 6 rings (SSSR count). The summed E-state index contributed by atoms with van der Waals surface area (Å²) in [6.45, 7) is 3.64. The number of hydrogen-bond donors (Lipinski definition) is 2. The van der Waals surface area contributed by atoms with E-state index in [0.717, 1.165) is 65.2 Å². The van der Waals surface area contributed by atoms with E-state index in [1.54, 1.807) is 6.20 Å². The van der Waals surface area contributed by atoms with Crippen molar-refractivity contribution in [2.45, 2.75) is 25.4 Å². The molecule has 0 aliphatic carbocycles. The maximum absolute atomic E-state index is 10.2. The second-order valence-corrected chi connectivity index (χ2v) is 9.35. The molecular weight excluding hydrogens is 426 g/mol. The van der Waals surface area contributed by atoms with Crippen LogP contribution in [0.1, 0.15) is 19.8 Å². The fourth-order valence-electron chi connectivity index (χ4n) is 4.59. The highest BCUT2D eigenvalue weighted by molar-refractivity contribution is 5.82. The summed E-state index contributed by atoms with van der Waals surface area (Å²) >= 11 is 0. The average Bonchev–Trinajstić information content (AvgIpc) is 3.46. The number of aryl methyl sites for hydroxylation is 1. The number of imidazole rings is 2. The largest absolute Gasteiger partial charge is 0.390 e. The zero-order valence-electron chi connectivity index (χ0n) is 19.3. The Balaban J connectivity index is 1.29. The maximum atomic E-state index is 10.2. The van der Waals surface area contributed by atoms with Crippen molar-refractivity contribution < 1.29 is 5.11 Å². The molecule has 0 bridgehead atoms. The molecule has 5 aromatic rings. The Kier molecular flexibility index (Phi) is 4.77. The molecule has 0 saturated carbocycles. The summed E-state index contributed by atoms with van der Waals surface area (Å²) in [4.78, 5) is 16.2. The standard InChI is InChI=1S/C26H27N7O/c1-26(34)9-12-32(13-10-26)20-6-4-19(5-7-20)29-24-25-27-11-14-33(25)16-22(30-24)18-3-8-23-21(15-18)28-17-31(23)2/h3-8,11,14-17,34H,9-10,12-13H2,1-2H3,(H,29,30). The summed E-state index contributed by atoms with van der Waals surface area (Å²) in [5.41, 5.74) is 6.20. The van der Waals surface area contributed by atoms with Gasteiger partial charge >= 0.3 is 0 Å². The van der Waals surface area contributed by atoms with E-state index in [4.69, 9.17) is 4.98 Å². The third-order valence-corrected chi connectivity index (χ3v) is 6.73. The first-order valence-electron chi connectivity index (χ1n) is 11.5. The summed E-state index contributed by atoms with van der Waals surface area (Å²) in [6, 6.07) is 14.6. The predicted molar refractivity (Wildman–Crippen MR) is 134 cm³/mol. The summed E-state index contributed by atoms with van der Waals surface area (Å²) in [5, 5.41) is 13.7. The van der Waals surface area contributed by atoms with Crippen LogP contribution in [-0.4, -0.2) is 47.7 Å². The van der Waals surface area contributed by atoms with Crippen molar-refractivity contribution in [3.8, 4) is 11.3 Å². The van der Waals surface area contributed by atoms with E-state index in [2.05, 4.69) is 62.6 Å². The van der Waals surface area contributed by atoms with Crippen molar-refractivity contribution in [1.29, 1.82) is 0 Å². The van der Waals surface area contributed by atoms with Gasteiger partial charge in [0.15, 0.2) is 11.5 Å². The molecule has 8 heteroatoms. The van der Waals surface area contributed by atoms with Crippen LogP contribution in [0.2, 0.25) is 0 Å². The molecule has 1 aliphatic rings. The highest BCUT2D eigenvalue weighted by atomic mass is 16.3. The molecular formula is C26H27N7O. The Labute approximate surface area is 197 Å². The second kappa shape index (κ2) is 7.85. The molecule has 0 unspecified atom stereocenters. The summed E-state index contributed by atoms with van der Waals surface area (Å²) in [6.07, 6.45) is 9.09. The molecule has 0 spiro atoms. The third-order valence-electron chi connectivity index (χ3n) is 6.73. The lowest BCUT2D eigenvalue weighted by Gasteiger charge is -2.37. The quantitative estimate of drug-likeness (QED) is 0.420. The van der Waals surface area contributed by atoms with E-state index in [-0.39, 0.29) is 0 Å².